The van der Waals surface area contributed by atoms with E-state index in [1.165, 1.54) is 6.42 Å². The Hall–Kier alpha value is -0.710. The lowest BCUT2D eigenvalue weighted by atomic mass is 10.1. The van der Waals surface area contributed by atoms with Crippen LogP contribution in [0.1, 0.15) is 26.2 Å². The Bertz CT molecular complexity index is 290. The van der Waals surface area contributed by atoms with Crippen molar-refractivity contribution in [2.75, 3.05) is 18.8 Å². The van der Waals surface area contributed by atoms with Crippen molar-refractivity contribution in [2.24, 2.45) is 0 Å². The zero-order chi connectivity index (χ0) is 11.5. The molecule has 16 heavy (non-hydrogen) atoms. The molecule has 2 aliphatic heterocycles. The fourth-order valence-corrected chi connectivity index (χ4v) is 3.47. The zero-order valence-corrected chi connectivity index (χ0v) is 10.4. The molecule has 0 bridgehead atoms. The smallest absolute Gasteiger partial charge is 0.242 e. The van der Waals surface area contributed by atoms with Crippen LogP contribution in [-0.4, -0.2) is 46.8 Å². The molecule has 0 aromatic carbocycles. The van der Waals surface area contributed by atoms with E-state index in [2.05, 4.69) is 5.32 Å². The van der Waals surface area contributed by atoms with Gasteiger partial charge in [0.05, 0.1) is 5.25 Å². The van der Waals surface area contributed by atoms with E-state index >= 15 is 0 Å². The van der Waals surface area contributed by atoms with Gasteiger partial charge < -0.3 is 10.2 Å². The van der Waals surface area contributed by atoms with Crippen LogP contribution >= 0.6 is 11.8 Å². The Morgan fingerprint density at radius 3 is 3.00 bits per heavy atom. The molecule has 90 valence electrons. The lowest BCUT2D eigenvalue weighted by Crippen LogP contribution is -2.57. The fraction of sp³-hybridized carbons (Fsp3) is 0.818. The van der Waals surface area contributed by atoms with Crippen molar-refractivity contribution in [3.8, 4) is 0 Å². The summed E-state index contributed by atoms with van der Waals surface area (Å²) in [5, 5.41) is 2.87. The summed E-state index contributed by atoms with van der Waals surface area (Å²) in [6.45, 7) is 3.05. The second kappa shape index (κ2) is 5.08. The highest BCUT2D eigenvalue weighted by Gasteiger charge is 2.33. The first kappa shape index (κ1) is 11.8. The van der Waals surface area contributed by atoms with Crippen LogP contribution < -0.4 is 5.32 Å². The van der Waals surface area contributed by atoms with Gasteiger partial charge in [-0.1, -0.05) is 6.42 Å². The molecule has 1 N–H and O–H groups in total. The highest BCUT2D eigenvalue weighted by Crippen LogP contribution is 2.27. The van der Waals surface area contributed by atoms with Crippen LogP contribution in [-0.2, 0) is 9.59 Å². The summed E-state index contributed by atoms with van der Waals surface area (Å²) in [5.74, 6) is 1.21. The summed E-state index contributed by atoms with van der Waals surface area (Å²) >= 11 is 1.75. The van der Waals surface area contributed by atoms with Crippen molar-refractivity contribution >= 4 is 23.6 Å². The molecule has 2 fully saturated rings. The zero-order valence-electron chi connectivity index (χ0n) is 9.57. The molecule has 2 aliphatic rings. The van der Waals surface area contributed by atoms with Gasteiger partial charge in [-0.25, -0.2) is 0 Å². The second-order valence-corrected chi connectivity index (χ2v) is 5.66. The maximum atomic E-state index is 12.2. The molecule has 2 atom stereocenters. The van der Waals surface area contributed by atoms with Crippen LogP contribution in [0.25, 0.3) is 0 Å². The Labute approximate surface area is 100 Å². The van der Waals surface area contributed by atoms with Gasteiger partial charge in [-0.3, -0.25) is 9.59 Å². The summed E-state index contributed by atoms with van der Waals surface area (Å²) in [4.78, 5) is 25.5. The number of piperazine rings is 1. The van der Waals surface area contributed by atoms with E-state index in [0.717, 1.165) is 18.6 Å². The maximum absolute atomic E-state index is 12.2. The first-order valence-electron chi connectivity index (χ1n) is 5.90. The van der Waals surface area contributed by atoms with Gasteiger partial charge in [0.1, 0.15) is 6.04 Å². The average molecular weight is 242 g/mol. The number of carbonyl (C=O) groups is 2. The van der Waals surface area contributed by atoms with Crippen LogP contribution in [0, 0.1) is 0 Å². The van der Waals surface area contributed by atoms with Crippen molar-refractivity contribution in [1.82, 2.24) is 10.2 Å². The molecule has 5 heteroatoms. The molecule has 0 aromatic heterocycles. The Morgan fingerprint density at radius 2 is 2.31 bits per heavy atom. The molecule has 2 rings (SSSR count). The maximum Gasteiger partial charge on any atom is 0.242 e. The number of nitrogens with zero attached hydrogens (tertiary/aromatic N) is 1. The molecule has 2 amide bonds. The number of rotatable bonds is 1. The van der Waals surface area contributed by atoms with E-state index < -0.39 is 0 Å². The molecule has 0 aliphatic carbocycles. The number of hydrogen-bond donors (Lipinski definition) is 1. The molecule has 4 nitrogen and oxygen atoms in total. The summed E-state index contributed by atoms with van der Waals surface area (Å²) in [5.41, 5.74) is 0. The summed E-state index contributed by atoms with van der Waals surface area (Å²) in [6.07, 6.45) is 3.32. The predicted octanol–water partition coefficient (Wildman–Crippen LogP) is 0.619. The van der Waals surface area contributed by atoms with Gasteiger partial charge in [-0.05, 0) is 25.5 Å². The largest absolute Gasteiger partial charge is 0.353 e. The number of hydrogen-bond acceptors (Lipinski definition) is 3. The topological polar surface area (TPSA) is 49.4 Å². The third kappa shape index (κ3) is 2.34. The van der Waals surface area contributed by atoms with E-state index in [1.807, 2.05) is 0 Å². The van der Waals surface area contributed by atoms with Gasteiger partial charge in [0.2, 0.25) is 11.8 Å². The number of amides is 2. The number of thioether (sulfide) groups is 1. The fourth-order valence-electron chi connectivity index (χ4n) is 2.20. The lowest BCUT2D eigenvalue weighted by Gasteiger charge is -2.35. The Balaban J connectivity index is 1.99. The van der Waals surface area contributed by atoms with Crippen LogP contribution in [0.3, 0.4) is 0 Å². The molecule has 0 spiro atoms. The SMILES string of the molecule is CC1C(=O)NCCN1C(=O)C1CCCCS1. The third-order valence-electron chi connectivity index (χ3n) is 3.24. The van der Waals surface area contributed by atoms with Gasteiger partial charge in [-0.15, -0.1) is 11.8 Å². The van der Waals surface area contributed by atoms with E-state index in [9.17, 15) is 9.59 Å². The minimum atomic E-state index is -0.302. The van der Waals surface area contributed by atoms with Gasteiger partial charge in [-0.2, -0.15) is 0 Å². The van der Waals surface area contributed by atoms with E-state index in [0.29, 0.717) is 13.1 Å². The monoisotopic (exact) mass is 242 g/mol. The Kier molecular flexibility index (Phi) is 3.74. The molecular weight excluding hydrogens is 224 g/mol. The molecule has 0 radical (unpaired) electrons. The predicted molar refractivity (Wildman–Crippen MR) is 64.3 cm³/mol. The number of nitrogens with one attached hydrogen (secondary N) is 1. The minimum absolute atomic E-state index is 0.0274. The second-order valence-electron chi connectivity index (χ2n) is 4.35. The minimum Gasteiger partial charge on any atom is -0.353 e. The van der Waals surface area contributed by atoms with Crippen molar-refractivity contribution in [3.63, 3.8) is 0 Å². The highest BCUT2D eigenvalue weighted by atomic mass is 32.2. The molecule has 2 heterocycles. The standard InChI is InChI=1S/C11H18N2O2S/c1-8-10(14)12-5-6-13(8)11(15)9-4-2-3-7-16-9/h8-9H,2-7H2,1H3,(H,12,14). The van der Waals surface area contributed by atoms with Crippen molar-refractivity contribution in [1.29, 1.82) is 0 Å². The highest BCUT2D eigenvalue weighted by molar-refractivity contribution is 8.00. The van der Waals surface area contributed by atoms with E-state index in [4.69, 9.17) is 0 Å². The van der Waals surface area contributed by atoms with Gasteiger partial charge in [0.25, 0.3) is 0 Å². The van der Waals surface area contributed by atoms with Gasteiger partial charge in [0.15, 0.2) is 0 Å². The van der Waals surface area contributed by atoms with Gasteiger partial charge in [0, 0.05) is 13.1 Å². The van der Waals surface area contributed by atoms with Crippen molar-refractivity contribution < 1.29 is 9.59 Å². The first-order valence-corrected chi connectivity index (χ1v) is 6.95. The molecule has 0 aromatic rings. The summed E-state index contributed by atoms with van der Waals surface area (Å²) in [7, 11) is 0. The summed E-state index contributed by atoms with van der Waals surface area (Å²) in [6, 6.07) is -0.302. The first-order chi connectivity index (χ1) is 7.70. The molecule has 2 saturated heterocycles. The Morgan fingerprint density at radius 1 is 1.50 bits per heavy atom. The third-order valence-corrected chi connectivity index (χ3v) is 4.60. The van der Waals surface area contributed by atoms with Crippen LogP contribution in [0.4, 0.5) is 0 Å². The average Bonchev–Trinajstić information content (AvgIpc) is 2.33. The molecular formula is C11H18N2O2S. The normalized spacial score (nSPS) is 31.1. The summed E-state index contributed by atoms with van der Waals surface area (Å²) < 4.78 is 0. The quantitative estimate of drug-likeness (QED) is 0.733. The van der Waals surface area contributed by atoms with E-state index in [1.54, 1.807) is 23.6 Å². The lowest BCUT2D eigenvalue weighted by molar-refractivity contribution is -0.142. The number of carbonyl (C=O) groups excluding carboxylic acids is 2. The molecule has 0 saturated carbocycles. The van der Waals surface area contributed by atoms with Crippen LogP contribution in [0.5, 0.6) is 0 Å². The van der Waals surface area contributed by atoms with E-state index in [-0.39, 0.29) is 23.1 Å². The van der Waals surface area contributed by atoms with Crippen LogP contribution in [0.15, 0.2) is 0 Å². The molecule has 2 unspecified atom stereocenters. The van der Waals surface area contributed by atoms with Crippen LogP contribution in [0.2, 0.25) is 0 Å². The van der Waals surface area contributed by atoms with Crippen molar-refractivity contribution in [3.05, 3.63) is 0 Å². The van der Waals surface area contributed by atoms with Gasteiger partial charge >= 0.3 is 0 Å². The van der Waals surface area contributed by atoms with Crippen molar-refractivity contribution in [2.45, 2.75) is 37.5 Å².